The van der Waals surface area contributed by atoms with Gasteiger partial charge in [0.1, 0.15) is 18.0 Å². The molecular formula is C30H33F5N4O4. The van der Waals surface area contributed by atoms with Crippen LogP contribution in [0.2, 0.25) is 0 Å². The zero-order valence-electron chi connectivity index (χ0n) is 23.4. The minimum absolute atomic E-state index is 0.00372. The lowest BCUT2D eigenvalue weighted by molar-refractivity contribution is -0.149. The SMILES string of the molecule is O=C(N[C@@H](c1ccccc1)c1ccc(C2CC2)c(F)c1)[C@@H]1C[C@@H](F)CN1C(=O)COC(=O)N1CCN(CC(F)(F)F)CC1. The van der Waals surface area contributed by atoms with Crippen LogP contribution >= 0.6 is 0 Å². The molecule has 232 valence electrons. The summed E-state index contributed by atoms with van der Waals surface area (Å²) in [5, 5.41) is 2.86. The first-order valence-corrected chi connectivity index (χ1v) is 14.3. The zero-order chi connectivity index (χ0) is 30.7. The van der Waals surface area contributed by atoms with Crippen molar-refractivity contribution in [3.8, 4) is 0 Å². The number of rotatable bonds is 8. The molecule has 8 nitrogen and oxygen atoms in total. The molecule has 3 amide bonds. The lowest BCUT2D eigenvalue weighted by Crippen LogP contribution is -2.52. The smallest absolute Gasteiger partial charge is 0.410 e. The summed E-state index contributed by atoms with van der Waals surface area (Å²) >= 11 is 0. The first-order chi connectivity index (χ1) is 20.5. The van der Waals surface area contributed by atoms with Gasteiger partial charge in [-0.15, -0.1) is 0 Å². The Hall–Kier alpha value is -3.74. The molecule has 0 bridgehead atoms. The monoisotopic (exact) mass is 608 g/mol. The van der Waals surface area contributed by atoms with E-state index in [1.807, 2.05) is 0 Å². The van der Waals surface area contributed by atoms with Crippen molar-refractivity contribution in [2.75, 3.05) is 45.9 Å². The molecule has 2 heterocycles. The predicted molar refractivity (Wildman–Crippen MR) is 145 cm³/mol. The van der Waals surface area contributed by atoms with Gasteiger partial charge >= 0.3 is 12.3 Å². The third kappa shape index (κ3) is 7.81. The minimum atomic E-state index is -4.35. The molecule has 3 atom stereocenters. The highest BCUT2D eigenvalue weighted by Gasteiger charge is 2.41. The van der Waals surface area contributed by atoms with E-state index in [4.69, 9.17) is 4.74 Å². The number of nitrogens with one attached hydrogen (secondary N) is 1. The van der Waals surface area contributed by atoms with Gasteiger partial charge in [0.05, 0.1) is 19.1 Å². The van der Waals surface area contributed by atoms with Crippen molar-refractivity contribution in [2.45, 2.75) is 49.6 Å². The fourth-order valence-electron chi connectivity index (χ4n) is 5.64. The lowest BCUT2D eigenvalue weighted by atomic mass is 9.96. The van der Waals surface area contributed by atoms with E-state index in [-0.39, 0.29) is 50.9 Å². The lowest BCUT2D eigenvalue weighted by Gasteiger charge is -2.34. The quantitative estimate of drug-likeness (QED) is 0.456. The van der Waals surface area contributed by atoms with Crippen LogP contribution < -0.4 is 5.32 Å². The summed E-state index contributed by atoms with van der Waals surface area (Å²) in [4.78, 5) is 42.3. The molecule has 2 aromatic rings. The molecule has 0 unspecified atom stereocenters. The number of piperazine rings is 1. The number of carbonyl (C=O) groups is 3. The Balaban J connectivity index is 1.21. The summed E-state index contributed by atoms with van der Waals surface area (Å²) in [5.74, 6) is -1.58. The van der Waals surface area contributed by atoms with Gasteiger partial charge in [-0.3, -0.25) is 14.5 Å². The van der Waals surface area contributed by atoms with Gasteiger partial charge in [-0.05, 0) is 41.5 Å². The highest BCUT2D eigenvalue weighted by atomic mass is 19.4. The van der Waals surface area contributed by atoms with Gasteiger partial charge in [-0.25, -0.2) is 13.6 Å². The summed E-state index contributed by atoms with van der Waals surface area (Å²) in [5.41, 5.74) is 1.80. The number of hydrogen-bond donors (Lipinski definition) is 1. The minimum Gasteiger partial charge on any atom is -0.439 e. The van der Waals surface area contributed by atoms with Crippen molar-refractivity contribution in [3.63, 3.8) is 0 Å². The molecule has 13 heteroatoms. The molecule has 2 saturated heterocycles. The second-order valence-electron chi connectivity index (χ2n) is 11.2. The average molecular weight is 609 g/mol. The summed E-state index contributed by atoms with van der Waals surface area (Å²) in [6, 6.07) is 11.8. The van der Waals surface area contributed by atoms with Gasteiger partial charge in [-0.2, -0.15) is 13.2 Å². The van der Waals surface area contributed by atoms with E-state index in [0.29, 0.717) is 16.7 Å². The molecule has 2 aromatic carbocycles. The van der Waals surface area contributed by atoms with E-state index in [2.05, 4.69) is 5.32 Å². The number of likely N-dealkylation sites (tertiary alicyclic amines) is 1. The van der Waals surface area contributed by atoms with Crippen LogP contribution in [0.4, 0.5) is 26.7 Å². The molecule has 1 N–H and O–H groups in total. The van der Waals surface area contributed by atoms with E-state index in [1.54, 1.807) is 42.5 Å². The number of carbonyl (C=O) groups excluding carboxylic acids is 3. The summed E-state index contributed by atoms with van der Waals surface area (Å²) in [6.45, 7) is -2.23. The Morgan fingerprint density at radius 3 is 2.30 bits per heavy atom. The summed E-state index contributed by atoms with van der Waals surface area (Å²) < 4.78 is 72.4. The van der Waals surface area contributed by atoms with Gasteiger partial charge in [0.2, 0.25) is 5.91 Å². The van der Waals surface area contributed by atoms with Crippen molar-refractivity contribution in [3.05, 3.63) is 71.0 Å². The van der Waals surface area contributed by atoms with Gasteiger partial charge in [0.25, 0.3) is 5.91 Å². The highest BCUT2D eigenvalue weighted by Crippen LogP contribution is 2.42. The normalized spacial score (nSPS) is 21.9. The Bertz CT molecular complexity index is 1320. The Kier molecular flexibility index (Phi) is 9.19. The second kappa shape index (κ2) is 12.9. The number of ether oxygens (including phenoxy) is 1. The Labute approximate surface area is 245 Å². The van der Waals surface area contributed by atoms with Crippen molar-refractivity contribution in [2.24, 2.45) is 0 Å². The van der Waals surface area contributed by atoms with Crippen LogP contribution in [0.25, 0.3) is 0 Å². The average Bonchev–Trinajstić information content (AvgIpc) is 3.74. The van der Waals surface area contributed by atoms with Crippen molar-refractivity contribution in [1.82, 2.24) is 20.0 Å². The van der Waals surface area contributed by atoms with E-state index < -0.39 is 55.5 Å². The van der Waals surface area contributed by atoms with Crippen LogP contribution in [0.5, 0.6) is 0 Å². The maximum atomic E-state index is 14.9. The third-order valence-corrected chi connectivity index (χ3v) is 8.02. The number of halogens is 5. The molecule has 0 radical (unpaired) electrons. The molecule has 43 heavy (non-hydrogen) atoms. The molecule has 3 fully saturated rings. The fourth-order valence-corrected chi connectivity index (χ4v) is 5.64. The molecule has 1 saturated carbocycles. The van der Waals surface area contributed by atoms with Crippen LogP contribution in [0, 0.1) is 5.82 Å². The van der Waals surface area contributed by atoms with Gasteiger partial charge in [0.15, 0.2) is 6.61 Å². The molecule has 1 aliphatic carbocycles. The predicted octanol–water partition coefficient (Wildman–Crippen LogP) is 4.16. The molecule has 2 aliphatic heterocycles. The van der Waals surface area contributed by atoms with E-state index in [0.717, 1.165) is 17.7 Å². The van der Waals surface area contributed by atoms with Crippen LogP contribution in [-0.2, 0) is 14.3 Å². The van der Waals surface area contributed by atoms with Gasteiger partial charge in [0, 0.05) is 32.6 Å². The van der Waals surface area contributed by atoms with Gasteiger partial charge in [-0.1, -0.05) is 42.5 Å². The van der Waals surface area contributed by atoms with Crippen molar-refractivity contribution in [1.29, 1.82) is 0 Å². The maximum Gasteiger partial charge on any atom is 0.410 e. The highest BCUT2D eigenvalue weighted by molar-refractivity contribution is 5.90. The fraction of sp³-hybridized carbons (Fsp3) is 0.500. The molecule has 3 aliphatic rings. The zero-order valence-corrected chi connectivity index (χ0v) is 23.4. The maximum absolute atomic E-state index is 14.9. The molecule has 0 spiro atoms. The van der Waals surface area contributed by atoms with E-state index >= 15 is 0 Å². The number of amides is 3. The Morgan fingerprint density at radius 1 is 0.977 bits per heavy atom. The first-order valence-electron chi connectivity index (χ1n) is 14.3. The molecule has 5 rings (SSSR count). The topological polar surface area (TPSA) is 82.2 Å². The Morgan fingerprint density at radius 2 is 1.67 bits per heavy atom. The van der Waals surface area contributed by atoms with Crippen molar-refractivity contribution < 1.29 is 41.1 Å². The van der Waals surface area contributed by atoms with E-state index in [9.17, 15) is 36.3 Å². The van der Waals surface area contributed by atoms with Crippen LogP contribution in [-0.4, -0.2) is 96.9 Å². The largest absolute Gasteiger partial charge is 0.439 e. The van der Waals surface area contributed by atoms with Crippen LogP contribution in [0.3, 0.4) is 0 Å². The second-order valence-corrected chi connectivity index (χ2v) is 11.2. The van der Waals surface area contributed by atoms with Gasteiger partial charge < -0.3 is 19.9 Å². The number of benzene rings is 2. The molecular weight excluding hydrogens is 575 g/mol. The van der Waals surface area contributed by atoms with Crippen molar-refractivity contribution >= 4 is 17.9 Å². The number of alkyl halides is 4. The van der Waals surface area contributed by atoms with E-state index in [1.165, 1.54) is 15.9 Å². The van der Waals surface area contributed by atoms with Crippen LogP contribution in [0.15, 0.2) is 48.5 Å². The first kappa shape index (κ1) is 30.7. The third-order valence-electron chi connectivity index (χ3n) is 8.02. The number of hydrogen-bond acceptors (Lipinski definition) is 5. The molecule has 0 aromatic heterocycles. The number of nitrogens with zero attached hydrogens (tertiary/aromatic N) is 3. The standard InChI is InChI=1S/C30H33F5N4O4/c31-22-15-25(39(16-22)26(40)17-43-29(42)38-12-10-37(11-13-38)18-30(33,34)35)28(41)36-27(20-4-2-1-3-5-20)21-8-9-23(19-6-7-19)24(32)14-21/h1-5,8-9,14,19,22,25,27H,6-7,10-13,15-18H2,(H,36,41)/t22-,25+,27+/m1/s1. The van der Waals surface area contributed by atoms with Crippen LogP contribution in [0.1, 0.15) is 47.9 Å². The summed E-state index contributed by atoms with van der Waals surface area (Å²) in [7, 11) is 0. The summed E-state index contributed by atoms with van der Waals surface area (Å²) in [6.07, 6.45) is -5.11.